The molecule has 3 heteroatoms. The van der Waals surface area contributed by atoms with Gasteiger partial charge in [0, 0.05) is 13.2 Å². The molecular weight excluding hydrogens is 141 g/mol. The van der Waals surface area contributed by atoms with Crippen LogP contribution in [0, 0.1) is 5.92 Å². The van der Waals surface area contributed by atoms with Gasteiger partial charge in [-0.2, -0.15) is 0 Å². The molecule has 46 valence electrons. The minimum absolute atomic E-state index is 0. The van der Waals surface area contributed by atoms with Gasteiger partial charge in [0.15, 0.2) is 0 Å². The fourth-order valence-corrected chi connectivity index (χ4v) is 1.47. The van der Waals surface area contributed by atoms with E-state index in [-0.39, 0.29) is 51.4 Å². The summed E-state index contributed by atoms with van der Waals surface area (Å²) in [5.74, 6) is 0.787. The molecule has 9 heavy (non-hydrogen) atoms. The topological polar surface area (TPSA) is 23.3 Å². The first-order valence-corrected chi connectivity index (χ1v) is 3.21. The normalized spacial score (nSPS) is 40.0. The number of hydrogen-bond acceptors (Lipinski definition) is 1. The number of fused-ring (bicyclic) bond motifs is 1. The van der Waals surface area contributed by atoms with Gasteiger partial charge < -0.3 is 10.1 Å². The summed E-state index contributed by atoms with van der Waals surface area (Å²) in [5.41, 5.74) is 0. The first-order chi connectivity index (χ1) is 3.97. The largest absolute Gasteiger partial charge is 1.00 e. The van der Waals surface area contributed by atoms with Crippen LogP contribution in [0.25, 0.3) is 5.32 Å². The maximum absolute atomic E-state index is 5.22. The summed E-state index contributed by atoms with van der Waals surface area (Å²) < 4.78 is 5.22. The van der Waals surface area contributed by atoms with E-state index in [4.69, 9.17) is 4.74 Å². The van der Waals surface area contributed by atoms with Crippen molar-refractivity contribution in [3.05, 3.63) is 5.32 Å². The Kier molecular flexibility index (Phi) is 3.66. The van der Waals surface area contributed by atoms with E-state index in [9.17, 15) is 0 Å². The zero-order valence-corrected chi connectivity index (χ0v) is 8.96. The summed E-state index contributed by atoms with van der Waals surface area (Å²) in [6.45, 7) is 2.94. The van der Waals surface area contributed by atoms with Crippen molar-refractivity contribution in [2.24, 2.45) is 5.92 Å². The quantitative estimate of drug-likeness (QED) is 0.360. The molecule has 0 N–H and O–H groups in total. The summed E-state index contributed by atoms with van der Waals surface area (Å²) in [6, 6.07) is 0.579. The average molecular weight is 151 g/mol. The van der Waals surface area contributed by atoms with E-state index < -0.39 is 0 Å². The molecule has 2 aliphatic rings. The van der Waals surface area contributed by atoms with Crippen LogP contribution in [0.2, 0.25) is 0 Å². The van der Waals surface area contributed by atoms with E-state index >= 15 is 0 Å². The van der Waals surface area contributed by atoms with Gasteiger partial charge in [-0.3, -0.25) is 0 Å². The van der Waals surface area contributed by atoms with E-state index in [2.05, 4.69) is 5.32 Å². The molecular formula is C6H10KNO. The van der Waals surface area contributed by atoms with Gasteiger partial charge >= 0.3 is 51.4 Å². The van der Waals surface area contributed by atoms with Crippen LogP contribution in [0.5, 0.6) is 0 Å². The van der Waals surface area contributed by atoms with Gasteiger partial charge in [-0.25, -0.2) is 0 Å². The van der Waals surface area contributed by atoms with E-state index in [0.717, 1.165) is 25.7 Å². The molecule has 0 aromatic rings. The first kappa shape index (κ1) is 8.65. The number of ether oxygens (including phenoxy) is 1. The Morgan fingerprint density at radius 3 is 3.00 bits per heavy atom. The predicted octanol–water partition coefficient (Wildman–Crippen LogP) is -2.22. The van der Waals surface area contributed by atoms with Gasteiger partial charge in [-0.15, -0.1) is 12.6 Å². The third-order valence-electron chi connectivity index (χ3n) is 2.03. The van der Waals surface area contributed by atoms with Crippen LogP contribution in [0.4, 0.5) is 0 Å². The van der Waals surface area contributed by atoms with Crippen LogP contribution in [0.1, 0.15) is 6.42 Å². The molecule has 0 spiro atoms. The molecule has 2 nitrogen and oxygen atoms in total. The second-order valence-corrected chi connectivity index (χ2v) is 2.56. The van der Waals surface area contributed by atoms with Gasteiger partial charge in [-0.05, 0) is 5.92 Å². The maximum atomic E-state index is 5.22. The monoisotopic (exact) mass is 151 g/mol. The van der Waals surface area contributed by atoms with E-state index in [1.54, 1.807) is 0 Å². The molecule has 2 unspecified atom stereocenters. The van der Waals surface area contributed by atoms with Crippen molar-refractivity contribution in [1.82, 2.24) is 0 Å². The van der Waals surface area contributed by atoms with Gasteiger partial charge in [0.1, 0.15) is 0 Å². The van der Waals surface area contributed by atoms with Crippen molar-refractivity contribution >= 4 is 0 Å². The van der Waals surface area contributed by atoms with Crippen LogP contribution >= 0.6 is 0 Å². The van der Waals surface area contributed by atoms with Crippen molar-refractivity contribution in [3.8, 4) is 0 Å². The van der Waals surface area contributed by atoms with Crippen molar-refractivity contribution in [3.63, 3.8) is 0 Å². The third kappa shape index (κ3) is 1.77. The van der Waals surface area contributed by atoms with Crippen LogP contribution in [-0.2, 0) is 4.74 Å². The van der Waals surface area contributed by atoms with Gasteiger partial charge in [0.2, 0.25) is 0 Å². The zero-order chi connectivity index (χ0) is 5.40. The van der Waals surface area contributed by atoms with Gasteiger partial charge in [0.05, 0.1) is 0 Å². The SMILES string of the molecule is C1CC2COCC2[N-]1.[K+]. The molecule has 2 heterocycles. The Balaban J connectivity index is 0.000000405. The second-order valence-electron chi connectivity index (χ2n) is 2.56. The minimum atomic E-state index is 0. The summed E-state index contributed by atoms with van der Waals surface area (Å²) in [4.78, 5) is 0. The molecule has 0 saturated carbocycles. The Bertz CT molecular complexity index is 79.1. The van der Waals surface area contributed by atoms with E-state index in [1.165, 1.54) is 6.42 Å². The predicted molar refractivity (Wildman–Crippen MR) is 30.9 cm³/mol. The number of rotatable bonds is 0. The maximum Gasteiger partial charge on any atom is 1.00 e. The molecule has 0 aromatic carbocycles. The van der Waals surface area contributed by atoms with Crippen LogP contribution in [0.3, 0.4) is 0 Å². The molecule has 0 amide bonds. The fourth-order valence-electron chi connectivity index (χ4n) is 1.47. The van der Waals surface area contributed by atoms with Crippen molar-refractivity contribution < 1.29 is 56.1 Å². The minimum Gasteiger partial charge on any atom is -0.657 e. The molecule has 0 aromatic heterocycles. The Labute approximate surface area is 98.1 Å². The molecule has 2 saturated heterocycles. The summed E-state index contributed by atoms with van der Waals surface area (Å²) >= 11 is 0. The molecule has 2 aliphatic heterocycles. The Morgan fingerprint density at radius 1 is 1.33 bits per heavy atom. The summed E-state index contributed by atoms with van der Waals surface area (Å²) in [5, 5.41) is 4.37. The number of nitrogens with zero attached hydrogens (tertiary/aromatic N) is 1. The third-order valence-corrected chi connectivity index (χ3v) is 2.03. The smallest absolute Gasteiger partial charge is 0.657 e. The summed E-state index contributed by atoms with van der Waals surface area (Å²) in [6.07, 6.45) is 1.27. The van der Waals surface area contributed by atoms with Crippen LogP contribution < -0.4 is 51.4 Å². The van der Waals surface area contributed by atoms with E-state index in [1.807, 2.05) is 0 Å². The van der Waals surface area contributed by atoms with Crippen LogP contribution in [0.15, 0.2) is 0 Å². The average Bonchev–Trinajstić information content (AvgIpc) is 2.15. The molecule has 2 rings (SSSR count). The zero-order valence-electron chi connectivity index (χ0n) is 5.84. The van der Waals surface area contributed by atoms with Crippen LogP contribution in [-0.4, -0.2) is 25.8 Å². The molecule has 0 aliphatic carbocycles. The molecule has 0 radical (unpaired) electrons. The molecule has 0 bridgehead atoms. The van der Waals surface area contributed by atoms with Gasteiger partial charge in [0.25, 0.3) is 0 Å². The van der Waals surface area contributed by atoms with Crippen molar-refractivity contribution in [2.75, 3.05) is 19.8 Å². The summed E-state index contributed by atoms with van der Waals surface area (Å²) in [7, 11) is 0. The standard InChI is InChI=1S/C6H10NO.K/c1-2-7-6-4-8-3-5(1)6;/h5-6H,1-4H2;/q-1;+1. The Morgan fingerprint density at radius 2 is 2.22 bits per heavy atom. The number of hydrogen-bond donors (Lipinski definition) is 0. The Hall–Kier alpha value is 1.56. The van der Waals surface area contributed by atoms with E-state index in [0.29, 0.717) is 6.04 Å². The van der Waals surface area contributed by atoms with Crippen molar-refractivity contribution in [1.29, 1.82) is 0 Å². The van der Waals surface area contributed by atoms with Gasteiger partial charge in [-0.1, -0.05) is 6.42 Å². The molecule has 2 fully saturated rings. The first-order valence-electron chi connectivity index (χ1n) is 3.21. The molecule has 2 atom stereocenters. The fraction of sp³-hybridized carbons (Fsp3) is 1.00. The van der Waals surface area contributed by atoms with Crippen molar-refractivity contribution in [2.45, 2.75) is 12.5 Å². The second kappa shape index (κ2) is 3.81.